The highest BCUT2D eigenvalue weighted by atomic mass is 16.5. The highest BCUT2D eigenvalue weighted by Gasteiger charge is 2.27. The van der Waals surface area contributed by atoms with Crippen LogP contribution in [0.25, 0.3) is 0 Å². The lowest BCUT2D eigenvalue weighted by molar-refractivity contribution is -0.144. The number of aliphatic hydroxyl groups is 1. The van der Waals surface area contributed by atoms with Crippen LogP contribution in [0, 0.1) is 11.8 Å². The number of nitrogens with two attached hydrogens (primary N) is 1. The number of hydrogen-bond donors (Lipinski definition) is 3. The average molecular weight is 295 g/mol. The molecule has 3 atom stereocenters. The van der Waals surface area contributed by atoms with Gasteiger partial charge in [-0.15, -0.1) is 0 Å². The Morgan fingerprint density at radius 3 is 2.43 bits per heavy atom. The van der Waals surface area contributed by atoms with Crippen molar-refractivity contribution in [2.45, 2.75) is 39.0 Å². The van der Waals surface area contributed by atoms with E-state index >= 15 is 0 Å². The fourth-order valence-electron chi connectivity index (χ4n) is 2.09. The predicted molar refractivity (Wildman–Crippen MR) is 80.7 cm³/mol. The molecule has 1 aromatic rings. The third-order valence-corrected chi connectivity index (χ3v) is 3.53. The second-order valence-electron chi connectivity index (χ2n) is 5.66. The van der Waals surface area contributed by atoms with Gasteiger partial charge in [0.15, 0.2) is 0 Å². The first-order valence-electron chi connectivity index (χ1n) is 7.20. The van der Waals surface area contributed by atoms with E-state index in [1.165, 1.54) is 0 Å². The molecule has 0 aliphatic heterocycles. The summed E-state index contributed by atoms with van der Waals surface area (Å²) < 4.78 is 5.47. The third kappa shape index (κ3) is 6.25. The van der Waals surface area contributed by atoms with Crippen LogP contribution in [0.4, 0.5) is 0 Å². The van der Waals surface area contributed by atoms with Crippen LogP contribution in [0.15, 0.2) is 30.3 Å². The van der Waals surface area contributed by atoms with Crippen molar-refractivity contribution in [3.63, 3.8) is 0 Å². The van der Waals surface area contributed by atoms with E-state index in [9.17, 15) is 9.90 Å². The number of aliphatic hydroxyl groups excluding tert-OH is 1. The maximum Gasteiger partial charge on any atom is 0.306 e. The van der Waals surface area contributed by atoms with Gasteiger partial charge in [0, 0.05) is 0 Å². The number of carboxylic acids is 1. The zero-order valence-corrected chi connectivity index (χ0v) is 12.6. The smallest absolute Gasteiger partial charge is 0.306 e. The molecular formula is C16H25NO4. The molecule has 0 heterocycles. The molecule has 0 aromatic heterocycles. The Morgan fingerprint density at radius 2 is 1.90 bits per heavy atom. The van der Waals surface area contributed by atoms with Gasteiger partial charge >= 0.3 is 5.97 Å². The molecule has 0 bridgehead atoms. The maximum absolute atomic E-state index is 11.1. The second kappa shape index (κ2) is 8.77. The molecule has 4 N–H and O–H groups in total. The Kier molecular flexibility index (Phi) is 7.36. The fourth-order valence-corrected chi connectivity index (χ4v) is 2.09. The first-order valence-corrected chi connectivity index (χ1v) is 7.20. The Hall–Kier alpha value is -1.43. The first-order chi connectivity index (χ1) is 9.91. The van der Waals surface area contributed by atoms with Gasteiger partial charge in [0.2, 0.25) is 0 Å². The largest absolute Gasteiger partial charge is 0.481 e. The number of hydrogen-bond acceptors (Lipinski definition) is 4. The van der Waals surface area contributed by atoms with Crippen LogP contribution < -0.4 is 5.73 Å². The van der Waals surface area contributed by atoms with Gasteiger partial charge in [-0.1, -0.05) is 44.2 Å². The van der Waals surface area contributed by atoms with Gasteiger partial charge in [-0.3, -0.25) is 4.79 Å². The number of benzene rings is 1. The molecule has 21 heavy (non-hydrogen) atoms. The normalized spacial score (nSPS) is 15.7. The van der Waals surface area contributed by atoms with Crippen molar-refractivity contribution < 1.29 is 19.7 Å². The molecule has 0 saturated carbocycles. The molecule has 5 heteroatoms. The SMILES string of the molecule is CC(C)C(CC(O)C(N)COCc1ccccc1)C(=O)O. The summed E-state index contributed by atoms with van der Waals surface area (Å²) in [4.78, 5) is 11.1. The van der Waals surface area contributed by atoms with Crippen molar-refractivity contribution in [2.24, 2.45) is 17.6 Å². The zero-order valence-electron chi connectivity index (χ0n) is 12.6. The Labute approximate surface area is 125 Å². The van der Waals surface area contributed by atoms with E-state index in [2.05, 4.69) is 0 Å². The standard InChI is InChI=1S/C16H25NO4/c1-11(2)13(16(19)20)8-15(18)14(17)10-21-9-12-6-4-3-5-7-12/h3-7,11,13-15,18H,8-10,17H2,1-2H3,(H,19,20). The molecule has 5 nitrogen and oxygen atoms in total. The second-order valence-corrected chi connectivity index (χ2v) is 5.66. The molecule has 0 aliphatic carbocycles. The van der Waals surface area contributed by atoms with E-state index in [0.29, 0.717) is 6.61 Å². The lowest BCUT2D eigenvalue weighted by atomic mass is 9.88. The topological polar surface area (TPSA) is 92.8 Å². The number of carboxylic acid groups (broad SMARTS) is 1. The number of aliphatic carboxylic acids is 1. The number of carbonyl (C=O) groups is 1. The molecule has 1 rings (SSSR count). The summed E-state index contributed by atoms with van der Waals surface area (Å²) in [6, 6.07) is 9.08. The van der Waals surface area contributed by atoms with E-state index in [4.69, 9.17) is 15.6 Å². The van der Waals surface area contributed by atoms with Gasteiger partial charge in [0.25, 0.3) is 0 Å². The molecule has 0 saturated heterocycles. The van der Waals surface area contributed by atoms with Crippen LogP contribution in [0.1, 0.15) is 25.8 Å². The Morgan fingerprint density at radius 1 is 1.29 bits per heavy atom. The van der Waals surface area contributed by atoms with Crippen LogP contribution >= 0.6 is 0 Å². The molecule has 0 amide bonds. The van der Waals surface area contributed by atoms with Crippen molar-refractivity contribution in [1.82, 2.24) is 0 Å². The highest BCUT2D eigenvalue weighted by Crippen LogP contribution is 2.18. The molecule has 0 spiro atoms. The summed E-state index contributed by atoms with van der Waals surface area (Å²) in [7, 11) is 0. The van der Waals surface area contributed by atoms with Gasteiger partial charge < -0.3 is 20.7 Å². The fraction of sp³-hybridized carbons (Fsp3) is 0.562. The van der Waals surface area contributed by atoms with Gasteiger partial charge in [-0.25, -0.2) is 0 Å². The van der Waals surface area contributed by atoms with E-state index < -0.39 is 24.0 Å². The molecular weight excluding hydrogens is 270 g/mol. The highest BCUT2D eigenvalue weighted by molar-refractivity contribution is 5.70. The molecule has 0 radical (unpaired) electrons. The minimum absolute atomic E-state index is 0.0467. The Balaban J connectivity index is 2.36. The quantitative estimate of drug-likeness (QED) is 0.644. The molecule has 0 aliphatic rings. The molecule has 3 unspecified atom stereocenters. The lowest BCUT2D eigenvalue weighted by Crippen LogP contribution is -2.41. The first kappa shape index (κ1) is 17.6. The summed E-state index contributed by atoms with van der Waals surface area (Å²) in [5.41, 5.74) is 6.89. The molecule has 1 aromatic carbocycles. The molecule has 0 fully saturated rings. The van der Waals surface area contributed by atoms with Crippen LogP contribution in [-0.4, -0.2) is 34.9 Å². The summed E-state index contributed by atoms with van der Waals surface area (Å²) in [5, 5.41) is 19.1. The lowest BCUT2D eigenvalue weighted by Gasteiger charge is -2.24. The van der Waals surface area contributed by atoms with Crippen molar-refractivity contribution >= 4 is 5.97 Å². The van der Waals surface area contributed by atoms with Crippen LogP contribution in [0.3, 0.4) is 0 Å². The van der Waals surface area contributed by atoms with Crippen molar-refractivity contribution in [2.75, 3.05) is 6.61 Å². The summed E-state index contributed by atoms with van der Waals surface area (Å²) in [6.07, 6.45) is -0.743. The predicted octanol–water partition coefficient (Wildman–Crippen LogP) is 1.64. The number of ether oxygens (including phenoxy) is 1. The maximum atomic E-state index is 11.1. The van der Waals surface area contributed by atoms with Crippen LogP contribution in [0.5, 0.6) is 0 Å². The molecule has 118 valence electrons. The van der Waals surface area contributed by atoms with E-state index in [-0.39, 0.29) is 18.9 Å². The minimum atomic E-state index is -0.901. The van der Waals surface area contributed by atoms with Crippen molar-refractivity contribution in [1.29, 1.82) is 0 Å². The van der Waals surface area contributed by atoms with Gasteiger partial charge in [-0.2, -0.15) is 0 Å². The van der Waals surface area contributed by atoms with Crippen LogP contribution in [0.2, 0.25) is 0 Å². The van der Waals surface area contributed by atoms with Gasteiger partial charge in [-0.05, 0) is 17.9 Å². The van der Waals surface area contributed by atoms with Crippen molar-refractivity contribution in [3.05, 3.63) is 35.9 Å². The zero-order chi connectivity index (χ0) is 15.8. The average Bonchev–Trinajstić information content (AvgIpc) is 2.44. The van der Waals surface area contributed by atoms with E-state index in [1.807, 2.05) is 44.2 Å². The van der Waals surface area contributed by atoms with Crippen LogP contribution in [-0.2, 0) is 16.1 Å². The van der Waals surface area contributed by atoms with Gasteiger partial charge in [0.1, 0.15) is 0 Å². The summed E-state index contributed by atoms with van der Waals surface area (Å²) in [5.74, 6) is -1.55. The Bertz CT molecular complexity index is 422. The minimum Gasteiger partial charge on any atom is -0.481 e. The third-order valence-electron chi connectivity index (χ3n) is 3.53. The van der Waals surface area contributed by atoms with Crippen molar-refractivity contribution in [3.8, 4) is 0 Å². The summed E-state index contributed by atoms with van der Waals surface area (Å²) in [6.45, 7) is 4.26. The van der Waals surface area contributed by atoms with E-state index in [0.717, 1.165) is 5.56 Å². The monoisotopic (exact) mass is 295 g/mol. The number of rotatable bonds is 9. The van der Waals surface area contributed by atoms with E-state index in [1.54, 1.807) is 0 Å². The summed E-state index contributed by atoms with van der Waals surface area (Å²) >= 11 is 0. The van der Waals surface area contributed by atoms with Gasteiger partial charge in [0.05, 0.1) is 31.3 Å².